The van der Waals surface area contributed by atoms with Gasteiger partial charge in [0, 0.05) is 6.54 Å². The van der Waals surface area contributed by atoms with Crippen LogP contribution in [0, 0.1) is 0 Å². The lowest BCUT2D eigenvalue weighted by Crippen LogP contribution is -2.37. The highest BCUT2D eigenvalue weighted by Gasteiger charge is 2.20. The predicted octanol–water partition coefficient (Wildman–Crippen LogP) is 0.461. The molecule has 2 N–H and O–H groups in total. The van der Waals surface area contributed by atoms with Crippen molar-refractivity contribution in [3.63, 3.8) is 0 Å². The largest absolute Gasteiger partial charge is 0.494 e. The molecule has 106 valence electrons. The van der Waals surface area contributed by atoms with Crippen LogP contribution in [-0.4, -0.2) is 39.2 Å². The third-order valence-corrected chi connectivity index (χ3v) is 3.73. The number of hydrogen-bond acceptors (Lipinski definition) is 4. The lowest BCUT2D eigenvalue weighted by molar-refractivity contribution is 0.265. The summed E-state index contributed by atoms with van der Waals surface area (Å²) in [7, 11) is 0. The van der Waals surface area contributed by atoms with Gasteiger partial charge in [-0.2, -0.15) is 0 Å². The highest BCUT2D eigenvalue weighted by atomic mass is 16.3. The molecule has 0 amide bonds. The van der Waals surface area contributed by atoms with E-state index in [1.54, 1.807) is 6.92 Å². The fraction of sp³-hybridized carbons (Fsp3) is 0.692. The Morgan fingerprint density at radius 3 is 2.53 bits per heavy atom. The quantitative estimate of drug-likeness (QED) is 0.831. The van der Waals surface area contributed by atoms with Gasteiger partial charge in [-0.15, -0.1) is 0 Å². The van der Waals surface area contributed by atoms with Crippen LogP contribution in [0.4, 0.5) is 0 Å². The third-order valence-electron chi connectivity index (χ3n) is 3.73. The number of nitrogens with one attached hydrogen (secondary N) is 1. The highest BCUT2D eigenvalue weighted by molar-refractivity contribution is 5.23. The van der Waals surface area contributed by atoms with E-state index in [9.17, 15) is 14.7 Å². The molecule has 0 spiro atoms. The number of aromatic amines is 1. The minimum atomic E-state index is -0.536. The van der Waals surface area contributed by atoms with Crippen LogP contribution in [0.3, 0.4) is 0 Å². The van der Waals surface area contributed by atoms with Gasteiger partial charge in [0.2, 0.25) is 5.88 Å². The molecule has 19 heavy (non-hydrogen) atoms. The highest BCUT2D eigenvalue weighted by Crippen LogP contribution is 2.18. The molecule has 1 aromatic heterocycles. The molecular weight excluding hydrogens is 246 g/mol. The van der Waals surface area contributed by atoms with Crippen molar-refractivity contribution in [3.05, 3.63) is 26.4 Å². The van der Waals surface area contributed by atoms with Crippen molar-refractivity contribution >= 4 is 0 Å². The topological polar surface area (TPSA) is 78.3 Å². The van der Waals surface area contributed by atoms with Gasteiger partial charge in [-0.05, 0) is 39.3 Å². The zero-order chi connectivity index (χ0) is 14.0. The maximum Gasteiger partial charge on any atom is 0.331 e. The van der Waals surface area contributed by atoms with Gasteiger partial charge in [-0.3, -0.25) is 14.3 Å². The zero-order valence-electron chi connectivity index (χ0n) is 11.5. The van der Waals surface area contributed by atoms with Crippen LogP contribution >= 0.6 is 0 Å². The second kappa shape index (κ2) is 5.61. The van der Waals surface area contributed by atoms with Gasteiger partial charge in [-0.1, -0.05) is 6.92 Å². The Morgan fingerprint density at radius 1 is 1.32 bits per heavy atom. The number of likely N-dealkylation sites (tertiary alicyclic amines) is 1. The molecule has 1 saturated heterocycles. The molecule has 1 aliphatic heterocycles. The number of H-pyrrole nitrogens is 1. The first-order valence-corrected chi connectivity index (χ1v) is 6.83. The van der Waals surface area contributed by atoms with E-state index in [0.717, 1.165) is 13.1 Å². The molecule has 1 fully saturated rings. The molecule has 6 heteroatoms. The van der Waals surface area contributed by atoms with Crippen molar-refractivity contribution in [1.82, 2.24) is 14.5 Å². The molecule has 1 aliphatic rings. The van der Waals surface area contributed by atoms with Crippen LogP contribution in [0.25, 0.3) is 0 Å². The minimum Gasteiger partial charge on any atom is -0.494 e. The van der Waals surface area contributed by atoms with Crippen molar-refractivity contribution < 1.29 is 5.11 Å². The predicted molar refractivity (Wildman–Crippen MR) is 72.8 cm³/mol. The third kappa shape index (κ3) is 2.73. The zero-order valence-corrected chi connectivity index (χ0v) is 11.5. The fourth-order valence-corrected chi connectivity index (χ4v) is 2.72. The Kier molecular flexibility index (Phi) is 4.09. The maximum absolute atomic E-state index is 11.9. The van der Waals surface area contributed by atoms with Crippen LogP contribution in [0.5, 0.6) is 5.88 Å². The Balaban J connectivity index is 2.32. The van der Waals surface area contributed by atoms with E-state index in [2.05, 4.69) is 9.88 Å². The average Bonchev–Trinajstić information content (AvgIpc) is 2.81. The van der Waals surface area contributed by atoms with Crippen LogP contribution in [0.15, 0.2) is 9.59 Å². The number of rotatable bonds is 4. The first kappa shape index (κ1) is 13.9. The molecule has 2 rings (SSSR count). The standard InChI is InChI=1S/C13H21N3O3/c1-3-10-11(17)14-13(19)16(12(10)18)9(2)8-15-6-4-5-7-15/h9,18H,3-8H2,1-2H3,(H,14,17,19). The first-order valence-electron chi connectivity index (χ1n) is 6.83. The molecule has 2 heterocycles. The lowest BCUT2D eigenvalue weighted by Gasteiger charge is -2.23. The van der Waals surface area contributed by atoms with E-state index in [-0.39, 0.29) is 17.5 Å². The summed E-state index contributed by atoms with van der Waals surface area (Å²) < 4.78 is 1.29. The average molecular weight is 267 g/mol. The molecule has 0 radical (unpaired) electrons. The van der Waals surface area contributed by atoms with Crippen molar-refractivity contribution in [3.8, 4) is 5.88 Å². The van der Waals surface area contributed by atoms with E-state index < -0.39 is 11.2 Å². The maximum atomic E-state index is 11.9. The van der Waals surface area contributed by atoms with Crippen molar-refractivity contribution in [2.24, 2.45) is 0 Å². The molecule has 1 aromatic rings. The van der Waals surface area contributed by atoms with E-state index >= 15 is 0 Å². The minimum absolute atomic E-state index is 0.159. The molecule has 6 nitrogen and oxygen atoms in total. The molecule has 0 aromatic carbocycles. The number of hydrogen-bond donors (Lipinski definition) is 2. The fourth-order valence-electron chi connectivity index (χ4n) is 2.72. The van der Waals surface area contributed by atoms with Crippen LogP contribution in [0.1, 0.15) is 38.3 Å². The van der Waals surface area contributed by atoms with E-state index in [4.69, 9.17) is 0 Å². The molecular formula is C13H21N3O3. The van der Waals surface area contributed by atoms with Gasteiger partial charge in [0.1, 0.15) is 0 Å². The van der Waals surface area contributed by atoms with Crippen LogP contribution in [-0.2, 0) is 6.42 Å². The Labute approximate surface area is 111 Å². The lowest BCUT2D eigenvalue weighted by atomic mass is 10.2. The molecule has 0 saturated carbocycles. The normalized spacial score (nSPS) is 17.8. The SMILES string of the molecule is CCc1c(O)n(C(C)CN2CCCC2)c(=O)[nH]c1=O. The summed E-state index contributed by atoms with van der Waals surface area (Å²) in [4.78, 5) is 28.0. The van der Waals surface area contributed by atoms with E-state index in [0.29, 0.717) is 13.0 Å². The summed E-state index contributed by atoms with van der Waals surface area (Å²) in [5.74, 6) is -0.192. The van der Waals surface area contributed by atoms with Gasteiger partial charge < -0.3 is 10.0 Å². The smallest absolute Gasteiger partial charge is 0.331 e. The first-order chi connectivity index (χ1) is 9.04. The number of nitrogens with zero attached hydrogens (tertiary/aromatic N) is 2. The summed E-state index contributed by atoms with van der Waals surface area (Å²) in [6.07, 6.45) is 2.76. The van der Waals surface area contributed by atoms with Gasteiger partial charge >= 0.3 is 5.69 Å². The van der Waals surface area contributed by atoms with Gasteiger partial charge in [0.25, 0.3) is 5.56 Å². The van der Waals surface area contributed by atoms with Crippen molar-refractivity contribution in [2.75, 3.05) is 19.6 Å². The van der Waals surface area contributed by atoms with Gasteiger partial charge in [0.15, 0.2) is 0 Å². The molecule has 0 bridgehead atoms. The van der Waals surface area contributed by atoms with E-state index in [1.807, 2.05) is 6.92 Å². The Bertz CT molecular complexity index is 555. The molecule has 1 atom stereocenters. The number of aromatic nitrogens is 2. The van der Waals surface area contributed by atoms with Gasteiger partial charge in [0.05, 0.1) is 11.6 Å². The summed E-state index contributed by atoms with van der Waals surface area (Å²) in [5, 5.41) is 10.1. The molecule has 0 aliphatic carbocycles. The second-order valence-electron chi connectivity index (χ2n) is 5.14. The summed E-state index contributed by atoms with van der Waals surface area (Å²) >= 11 is 0. The Hall–Kier alpha value is -1.56. The van der Waals surface area contributed by atoms with Crippen LogP contribution < -0.4 is 11.2 Å². The van der Waals surface area contributed by atoms with Crippen molar-refractivity contribution in [2.45, 2.75) is 39.2 Å². The monoisotopic (exact) mass is 267 g/mol. The summed E-state index contributed by atoms with van der Waals surface area (Å²) in [6.45, 7) is 6.44. The molecule has 1 unspecified atom stereocenters. The van der Waals surface area contributed by atoms with Crippen molar-refractivity contribution in [1.29, 1.82) is 0 Å². The van der Waals surface area contributed by atoms with E-state index in [1.165, 1.54) is 17.4 Å². The Morgan fingerprint density at radius 2 is 1.95 bits per heavy atom. The van der Waals surface area contributed by atoms with Crippen LogP contribution in [0.2, 0.25) is 0 Å². The number of aromatic hydroxyl groups is 1. The summed E-state index contributed by atoms with van der Waals surface area (Å²) in [5.41, 5.74) is -0.756. The second-order valence-corrected chi connectivity index (χ2v) is 5.14. The summed E-state index contributed by atoms with van der Waals surface area (Å²) in [6, 6.07) is -0.159. The van der Waals surface area contributed by atoms with Gasteiger partial charge in [-0.25, -0.2) is 4.79 Å².